The molecule has 1 fully saturated rings. The summed E-state index contributed by atoms with van der Waals surface area (Å²) in [6, 6.07) is 7.58. The van der Waals surface area contributed by atoms with E-state index < -0.39 is 32.3 Å². The maximum atomic E-state index is 13.2. The number of rotatable bonds is 3. The van der Waals surface area contributed by atoms with Crippen molar-refractivity contribution in [3.63, 3.8) is 0 Å². The predicted molar refractivity (Wildman–Crippen MR) is 112 cm³/mol. The number of anilines is 2. The molecular formula is C20H21N2NaO5S. The van der Waals surface area contributed by atoms with Crippen LogP contribution in [-0.4, -0.2) is 60.1 Å². The normalized spacial score (nSPS) is 16.6. The van der Waals surface area contributed by atoms with Crippen molar-refractivity contribution in [2.75, 3.05) is 11.1 Å². The van der Waals surface area contributed by atoms with Crippen LogP contribution in [0.5, 0.6) is 0 Å². The molecule has 29 heavy (non-hydrogen) atoms. The number of hydrogen-bond acceptors (Lipinski definition) is 6. The third-order valence-electron chi connectivity index (χ3n) is 5.44. The standard InChI is InChI=1S/C20H20N2O5S.Na.H/c21-18-15(28(25,26)27)10-14(22-11-6-2-1-3-7-11)16-17(18)20(24)13-9-5-4-8-12(13)19(16)23;;/h4-5,8-11,22H,1-3,6-7,21H2,(H,25,26,27);;. The molecule has 7 nitrogen and oxygen atoms in total. The van der Waals surface area contributed by atoms with E-state index in [1.54, 1.807) is 18.2 Å². The molecule has 148 valence electrons. The van der Waals surface area contributed by atoms with Gasteiger partial charge in [-0.25, -0.2) is 0 Å². The van der Waals surface area contributed by atoms with Gasteiger partial charge in [0.25, 0.3) is 10.1 Å². The first-order chi connectivity index (χ1) is 13.3. The van der Waals surface area contributed by atoms with E-state index in [9.17, 15) is 22.6 Å². The summed E-state index contributed by atoms with van der Waals surface area (Å²) in [4.78, 5) is 25.7. The van der Waals surface area contributed by atoms with E-state index >= 15 is 0 Å². The Morgan fingerprint density at radius 1 is 0.966 bits per heavy atom. The second-order valence-corrected chi connectivity index (χ2v) is 8.63. The summed E-state index contributed by atoms with van der Waals surface area (Å²) < 4.78 is 33.4. The van der Waals surface area contributed by atoms with Crippen molar-refractivity contribution in [1.82, 2.24) is 0 Å². The summed E-state index contributed by atoms with van der Waals surface area (Å²) in [6.07, 6.45) is 4.92. The Morgan fingerprint density at radius 2 is 1.52 bits per heavy atom. The molecule has 0 heterocycles. The zero-order valence-corrected chi connectivity index (χ0v) is 15.9. The molecule has 4 N–H and O–H groups in total. The molecule has 0 spiro atoms. The molecule has 0 aliphatic heterocycles. The van der Waals surface area contributed by atoms with E-state index in [0.717, 1.165) is 38.2 Å². The van der Waals surface area contributed by atoms with Crippen LogP contribution >= 0.6 is 0 Å². The fraction of sp³-hybridized carbons (Fsp3) is 0.300. The van der Waals surface area contributed by atoms with Gasteiger partial charge in [0.2, 0.25) is 0 Å². The number of ketones is 2. The monoisotopic (exact) mass is 424 g/mol. The van der Waals surface area contributed by atoms with Crippen LogP contribution in [0, 0.1) is 0 Å². The number of hydrogen-bond donors (Lipinski definition) is 3. The Hall–Kier alpha value is -1.71. The van der Waals surface area contributed by atoms with Gasteiger partial charge in [0, 0.05) is 22.9 Å². The maximum absolute atomic E-state index is 13.2. The fourth-order valence-corrected chi connectivity index (χ4v) is 4.73. The SMILES string of the molecule is Nc1c(S(=O)(=O)O)cc(NC2CCCCC2)c2c1C(=O)c1ccccc1C2=O.[NaH]. The topological polar surface area (TPSA) is 127 Å². The van der Waals surface area contributed by atoms with Crippen LogP contribution < -0.4 is 11.1 Å². The van der Waals surface area contributed by atoms with Gasteiger partial charge >= 0.3 is 29.6 Å². The Kier molecular flexibility index (Phi) is 6.21. The molecule has 0 bridgehead atoms. The Labute approximate surface area is 191 Å². The Morgan fingerprint density at radius 3 is 2.07 bits per heavy atom. The van der Waals surface area contributed by atoms with Gasteiger partial charge in [0.05, 0.1) is 16.8 Å². The molecule has 4 rings (SSSR count). The minimum absolute atomic E-state index is 0. The number of nitrogens with two attached hydrogens (primary N) is 1. The van der Waals surface area contributed by atoms with Gasteiger partial charge in [0.15, 0.2) is 11.6 Å². The molecule has 2 aromatic carbocycles. The average molecular weight is 424 g/mol. The molecule has 2 aliphatic carbocycles. The van der Waals surface area contributed by atoms with E-state index in [4.69, 9.17) is 5.73 Å². The van der Waals surface area contributed by atoms with Gasteiger partial charge in [0.1, 0.15) is 4.90 Å². The van der Waals surface area contributed by atoms with Crippen molar-refractivity contribution in [3.8, 4) is 0 Å². The third kappa shape index (κ3) is 3.87. The van der Waals surface area contributed by atoms with E-state index in [1.807, 2.05) is 0 Å². The van der Waals surface area contributed by atoms with Gasteiger partial charge in [-0.15, -0.1) is 0 Å². The molecule has 0 unspecified atom stereocenters. The predicted octanol–water partition coefficient (Wildman–Crippen LogP) is 2.39. The fourth-order valence-electron chi connectivity index (χ4n) is 4.09. The van der Waals surface area contributed by atoms with Crippen molar-refractivity contribution >= 4 is 62.6 Å². The number of nitrogen functional groups attached to an aromatic ring is 1. The first-order valence-corrected chi connectivity index (χ1v) is 10.6. The van der Waals surface area contributed by atoms with E-state index in [1.165, 1.54) is 6.07 Å². The van der Waals surface area contributed by atoms with E-state index in [-0.39, 0.29) is 63.5 Å². The van der Waals surface area contributed by atoms with Gasteiger partial charge in [-0.2, -0.15) is 8.42 Å². The second kappa shape index (κ2) is 8.20. The van der Waals surface area contributed by atoms with Crippen LogP contribution in [0.4, 0.5) is 11.4 Å². The molecular weight excluding hydrogens is 403 g/mol. The Bertz CT molecular complexity index is 1110. The summed E-state index contributed by atoms with van der Waals surface area (Å²) in [7, 11) is -4.68. The summed E-state index contributed by atoms with van der Waals surface area (Å²) in [5, 5.41) is 3.23. The van der Waals surface area contributed by atoms with Crippen LogP contribution in [0.25, 0.3) is 0 Å². The van der Waals surface area contributed by atoms with Gasteiger partial charge in [-0.3, -0.25) is 14.1 Å². The van der Waals surface area contributed by atoms with Crippen molar-refractivity contribution < 1.29 is 22.6 Å². The quantitative estimate of drug-likeness (QED) is 0.335. The molecule has 2 aromatic rings. The summed E-state index contributed by atoms with van der Waals surface area (Å²) in [5.74, 6) is -0.919. The molecule has 2 aliphatic rings. The number of carbonyl (C=O) groups is 2. The minimum atomic E-state index is -4.68. The molecule has 0 amide bonds. The van der Waals surface area contributed by atoms with Crippen molar-refractivity contribution in [1.29, 1.82) is 0 Å². The third-order valence-corrected chi connectivity index (χ3v) is 6.34. The molecule has 0 atom stereocenters. The van der Waals surface area contributed by atoms with E-state index in [0.29, 0.717) is 0 Å². The van der Waals surface area contributed by atoms with Gasteiger partial charge < -0.3 is 11.1 Å². The number of benzene rings is 2. The van der Waals surface area contributed by atoms with Crippen LogP contribution in [-0.2, 0) is 10.1 Å². The molecule has 9 heteroatoms. The van der Waals surface area contributed by atoms with Crippen molar-refractivity contribution in [3.05, 3.63) is 52.6 Å². The molecule has 0 radical (unpaired) electrons. The van der Waals surface area contributed by atoms with Crippen LogP contribution in [0.2, 0.25) is 0 Å². The molecule has 1 saturated carbocycles. The summed E-state index contributed by atoms with van der Waals surface area (Å²) >= 11 is 0. The second-order valence-electron chi connectivity index (χ2n) is 7.24. The Balaban J connectivity index is 0.00000240. The first kappa shape index (κ1) is 22.0. The molecule has 0 saturated heterocycles. The van der Waals surface area contributed by atoms with Gasteiger partial charge in [-0.1, -0.05) is 43.5 Å². The zero-order valence-electron chi connectivity index (χ0n) is 15.1. The number of nitrogens with one attached hydrogen (secondary N) is 1. The van der Waals surface area contributed by atoms with Crippen LogP contribution in [0.1, 0.15) is 63.9 Å². The first-order valence-electron chi connectivity index (χ1n) is 9.18. The van der Waals surface area contributed by atoms with Crippen molar-refractivity contribution in [2.24, 2.45) is 0 Å². The van der Waals surface area contributed by atoms with Gasteiger partial charge in [-0.05, 0) is 18.9 Å². The summed E-state index contributed by atoms with van der Waals surface area (Å²) in [6.45, 7) is 0. The number of fused-ring (bicyclic) bond motifs is 2. The van der Waals surface area contributed by atoms with Crippen molar-refractivity contribution in [2.45, 2.75) is 43.0 Å². The van der Waals surface area contributed by atoms with Crippen LogP contribution in [0.3, 0.4) is 0 Å². The number of carbonyl (C=O) groups excluding carboxylic acids is 2. The van der Waals surface area contributed by atoms with E-state index in [2.05, 4.69) is 5.32 Å². The summed E-state index contributed by atoms with van der Waals surface area (Å²) in [5.41, 5.74) is 6.10. The average Bonchev–Trinajstić information content (AvgIpc) is 2.67. The molecule has 0 aromatic heterocycles. The van der Waals surface area contributed by atoms with Crippen LogP contribution in [0.15, 0.2) is 35.2 Å². The zero-order chi connectivity index (χ0) is 20.1.